The average Bonchev–Trinajstić information content (AvgIpc) is 2.39. The van der Waals surface area contributed by atoms with Gasteiger partial charge in [0.15, 0.2) is 0 Å². The van der Waals surface area contributed by atoms with Gasteiger partial charge in [0, 0.05) is 15.5 Å². The van der Waals surface area contributed by atoms with Gasteiger partial charge in [-0.05, 0) is 61.3 Å². The fourth-order valence-corrected chi connectivity index (χ4v) is 3.00. The van der Waals surface area contributed by atoms with Crippen molar-refractivity contribution in [1.82, 2.24) is 5.32 Å². The second kappa shape index (κ2) is 7.34. The summed E-state index contributed by atoms with van der Waals surface area (Å²) in [4.78, 5) is 0. The quantitative estimate of drug-likeness (QED) is 0.796. The van der Waals surface area contributed by atoms with E-state index in [0.717, 1.165) is 11.1 Å². The molecule has 0 amide bonds. The van der Waals surface area contributed by atoms with Gasteiger partial charge in [-0.1, -0.05) is 33.6 Å². The standard InChI is InChI=1S/C16H15BrClF2N/c1-21-15(6-10-4-12(17)8-14(20)5-10)7-11-2-3-13(19)9-16(11)18/h2-5,8-9,15,21H,6-7H2,1H3. The lowest BCUT2D eigenvalue weighted by molar-refractivity contribution is 0.551. The topological polar surface area (TPSA) is 12.0 Å². The van der Waals surface area contributed by atoms with Crippen molar-refractivity contribution in [2.75, 3.05) is 7.05 Å². The Labute approximate surface area is 136 Å². The van der Waals surface area contributed by atoms with Crippen LogP contribution in [0.15, 0.2) is 40.9 Å². The van der Waals surface area contributed by atoms with E-state index in [4.69, 9.17) is 11.6 Å². The predicted molar refractivity (Wildman–Crippen MR) is 85.8 cm³/mol. The number of hydrogen-bond acceptors (Lipinski definition) is 1. The SMILES string of the molecule is CNC(Cc1cc(F)cc(Br)c1)Cc1ccc(F)cc1Cl. The molecule has 1 unspecified atom stereocenters. The molecule has 0 saturated carbocycles. The molecule has 0 bridgehead atoms. The first-order chi connectivity index (χ1) is 9.97. The smallest absolute Gasteiger partial charge is 0.124 e. The van der Waals surface area contributed by atoms with Gasteiger partial charge >= 0.3 is 0 Å². The number of rotatable bonds is 5. The van der Waals surface area contributed by atoms with Gasteiger partial charge in [0.25, 0.3) is 0 Å². The summed E-state index contributed by atoms with van der Waals surface area (Å²) in [6.07, 6.45) is 1.30. The first kappa shape index (κ1) is 16.4. The maximum Gasteiger partial charge on any atom is 0.124 e. The normalized spacial score (nSPS) is 12.4. The van der Waals surface area contributed by atoms with Crippen LogP contribution in [0, 0.1) is 11.6 Å². The van der Waals surface area contributed by atoms with Crippen molar-refractivity contribution in [3.05, 3.63) is 68.7 Å². The maximum absolute atomic E-state index is 13.4. The number of halogens is 4. The predicted octanol–water partition coefficient (Wildman–Crippen LogP) is 4.75. The van der Waals surface area contributed by atoms with Crippen LogP contribution < -0.4 is 5.32 Å². The van der Waals surface area contributed by atoms with Crippen LogP contribution in [0.25, 0.3) is 0 Å². The molecule has 1 nitrogen and oxygen atoms in total. The number of likely N-dealkylation sites (N-methyl/N-ethyl adjacent to an activating group) is 1. The largest absolute Gasteiger partial charge is 0.316 e. The highest BCUT2D eigenvalue weighted by Gasteiger charge is 2.12. The third kappa shape index (κ3) is 4.77. The van der Waals surface area contributed by atoms with E-state index in [1.165, 1.54) is 24.3 Å². The first-order valence-electron chi connectivity index (χ1n) is 6.54. The molecule has 2 aromatic carbocycles. The number of hydrogen-bond donors (Lipinski definition) is 1. The minimum Gasteiger partial charge on any atom is -0.316 e. The molecule has 1 N–H and O–H groups in total. The van der Waals surface area contributed by atoms with E-state index in [-0.39, 0.29) is 17.7 Å². The van der Waals surface area contributed by atoms with Gasteiger partial charge in [-0.25, -0.2) is 8.78 Å². The van der Waals surface area contributed by atoms with Crippen LogP contribution in [-0.2, 0) is 12.8 Å². The van der Waals surface area contributed by atoms with Crippen molar-refractivity contribution in [3.63, 3.8) is 0 Å². The molecule has 0 aliphatic heterocycles. The molecule has 1 atom stereocenters. The Hall–Kier alpha value is -0.970. The summed E-state index contributed by atoms with van der Waals surface area (Å²) in [7, 11) is 1.84. The highest BCUT2D eigenvalue weighted by Crippen LogP contribution is 2.21. The van der Waals surface area contributed by atoms with E-state index >= 15 is 0 Å². The molecule has 0 aliphatic rings. The minimum atomic E-state index is -0.348. The molecule has 0 aromatic heterocycles. The Bertz CT molecular complexity index is 613. The monoisotopic (exact) mass is 373 g/mol. The zero-order valence-corrected chi connectivity index (χ0v) is 13.8. The van der Waals surface area contributed by atoms with Crippen LogP contribution >= 0.6 is 27.5 Å². The van der Waals surface area contributed by atoms with Crippen molar-refractivity contribution < 1.29 is 8.78 Å². The molecule has 21 heavy (non-hydrogen) atoms. The summed E-state index contributed by atoms with van der Waals surface area (Å²) in [5, 5.41) is 3.60. The van der Waals surface area contributed by atoms with E-state index < -0.39 is 0 Å². The van der Waals surface area contributed by atoms with E-state index in [1.54, 1.807) is 6.07 Å². The molecule has 5 heteroatoms. The van der Waals surface area contributed by atoms with Crippen molar-refractivity contribution >= 4 is 27.5 Å². The van der Waals surface area contributed by atoms with E-state index in [1.807, 2.05) is 13.1 Å². The highest BCUT2D eigenvalue weighted by molar-refractivity contribution is 9.10. The minimum absolute atomic E-state index is 0.0849. The van der Waals surface area contributed by atoms with Gasteiger partial charge in [0.1, 0.15) is 11.6 Å². The lowest BCUT2D eigenvalue weighted by atomic mass is 9.99. The third-order valence-electron chi connectivity index (χ3n) is 3.29. The molecule has 2 aromatic rings. The van der Waals surface area contributed by atoms with Crippen LogP contribution in [0.2, 0.25) is 5.02 Å². The van der Waals surface area contributed by atoms with E-state index in [0.29, 0.717) is 22.3 Å². The Kier molecular flexibility index (Phi) is 5.73. The molecule has 0 heterocycles. The lowest BCUT2D eigenvalue weighted by Crippen LogP contribution is -2.30. The van der Waals surface area contributed by atoms with Gasteiger partial charge in [0.05, 0.1) is 0 Å². The fourth-order valence-electron chi connectivity index (χ4n) is 2.24. The summed E-state index contributed by atoms with van der Waals surface area (Å²) in [6, 6.07) is 9.30. The van der Waals surface area contributed by atoms with Gasteiger partial charge in [0.2, 0.25) is 0 Å². The Morgan fingerprint density at radius 1 is 1.10 bits per heavy atom. The van der Waals surface area contributed by atoms with Crippen LogP contribution in [-0.4, -0.2) is 13.1 Å². The van der Waals surface area contributed by atoms with Crippen molar-refractivity contribution in [2.45, 2.75) is 18.9 Å². The third-order valence-corrected chi connectivity index (χ3v) is 4.10. The number of nitrogens with one attached hydrogen (secondary N) is 1. The van der Waals surface area contributed by atoms with Gasteiger partial charge in [-0.3, -0.25) is 0 Å². The van der Waals surface area contributed by atoms with Crippen molar-refractivity contribution in [3.8, 4) is 0 Å². The molecular weight excluding hydrogens is 360 g/mol. The Morgan fingerprint density at radius 3 is 2.48 bits per heavy atom. The van der Waals surface area contributed by atoms with Crippen molar-refractivity contribution in [2.24, 2.45) is 0 Å². The van der Waals surface area contributed by atoms with Crippen LogP contribution in [0.5, 0.6) is 0 Å². The summed E-state index contributed by atoms with van der Waals surface area (Å²) in [5.41, 5.74) is 1.76. The van der Waals surface area contributed by atoms with E-state index in [9.17, 15) is 8.78 Å². The summed E-state index contributed by atoms with van der Waals surface area (Å²) in [5.74, 6) is -0.618. The Balaban J connectivity index is 2.12. The van der Waals surface area contributed by atoms with Crippen LogP contribution in [0.1, 0.15) is 11.1 Å². The summed E-state index contributed by atoms with van der Waals surface area (Å²) in [6.45, 7) is 0. The molecule has 112 valence electrons. The molecule has 0 aliphatic carbocycles. The second-order valence-electron chi connectivity index (χ2n) is 4.91. The highest BCUT2D eigenvalue weighted by atomic mass is 79.9. The lowest BCUT2D eigenvalue weighted by Gasteiger charge is -2.17. The van der Waals surface area contributed by atoms with Gasteiger partial charge in [-0.15, -0.1) is 0 Å². The molecule has 0 saturated heterocycles. The summed E-state index contributed by atoms with van der Waals surface area (Å²) < 4.78 is 27.2. The second-order valence-corrected chi connectivity index (χ2v) is 6.23. The number of benzene rings is 2. The van der Waals surface area contributed by atoms with Crippen LogP contribution in [0.4, 0.5) is 8.78 Å². The van der Waals surface area contributed by atoms with Crippen molar-refractivity contribution in [1.29, 1.82) is 0 Å². The molecule has 2 rings (SSSR count). The zero-order chi connectivity index (χ0) is 15.4. The summed E-state index contributed by atoms with van der Waals surface area (Å²) >= 11 is 9.34. The molecule has 0 spiro atoms. The Morgan fingerprint density at radius 2 is 1.86 bits per heavy atom. The molecule has 0 fully saturated rings. The fraction of sp³-hybridized carbons (Fsp3) is 0.250. The van der Waals surface area contributed by atoms with Crippen LogP contribution in [0.3, 0.4) is 0 Å². The molecule has 0 radical (unpaired) electrons. The molecular formula is C16H15BrClF2N. The van der Waals surface area contributed by atoms with E-state index in [2.05, 4.69) is 21.2 Å². The first-order valence-corrected chi connectivity index (χ1v) is 7.71. The van der Waals surface area contributed by atoms with Gasteiger partial charge in [-0.2, -0.15) is 0 Å². The van der Waals surface area contributed by atoms with Gasteiger partial charge < -0.3 is 5.32 Å². The maximum atomic E-state index is 13.4. The average molecular weight is 375 g/mol. The zero-order valence-electron chi connectivity index (χ0n) is 11.5.